The molecule has 0 N–H and O–H groups in total. The summed E-state index contributed by atoms with van der Waals surface area (Å²) >= 11 is 0. The Balaban J connectivity index is 1.78. The van der Waals surface area contributed by atoms with Crippen LogP contribution in [0.25, 0.3) is 11.1 Å². The highest BCUT2D eigenvalue weighted by atomic mass is 19.4. The molecule has 1 aliphatic rings. The molecule has 4 heterocycles. The number of anilines is 1. The first kappa shape index (κ1) is 20.6. The van der Waals surface area contributed by atoms with E-state index in [0.717, 1.165) is 19.2 Å². The first-order valence-corrected chi connectivity index (χ1v) is 9.26. The fourth-order valence-corrected chi connectivity index (χ4v) is 3.51. The van der Waals surface area contributed by atoms with Crippen molar-refractivity contribution < 1.29 is 27.4 Å². The van der Waals surface area contributed by atoms with Gasteiger partial charge in [-0.15, -0.1) is 0 Å². The lowest BCUT2D eigenvalue weighted by molar-refractivity contribution is -0.139. The third kappa shape index (κ3) is 3.56. The molecular weight excluding hydrogens is 415 g/mol. The van der Waals surface area contributed by atoms with E-state index in [4.69, 9.17) is 9.47 Å². The second kappa shape index (κ2) is 7.56. The third-order valence-corrected chi connectivity index (χ3v) is 4.98. The molecule has 0 radical (unpaired) electrons. The molecular formula is C20H18F3N5O3. The number of halogens is 3. The van der Waals surface area contributed by atoms with Gasteiger partial charge in [-0.05, 0) is 30.7 Å². The maximum Gasteiger partial charge on any atom is 0.421 e. The molecule has 0 aromatic carbocycles. The lowest BCUT2D eigenvalue weighted by Gasteiger charge is -2.32. The van der Waals surface area contributed by atoms with Crippen LogP contribution in [-0.2, 0) is 6.18 Å². The van der Waals surface area contributed by atoms with Gasteiger partial charge in [-0.2, -0.15) is 23.3 Å². The Morgan fingerprint density at radius 1 is 1.16 bits per heavy atom. The van der Waals surface area contributed by atoms with Crippen LogP contribution in [0.15, 0.2) is 36.7 Å². The summed E-state index contributed by atoms with van der Waals surface area (Å²) in [7, 11) is 2.59. The van der Waals surface area contributed by atoms with Gasteiger partial charge in [0.2, 0.25) is 11.8 Å². The summed E-state index contributed by atoms with van der Waals surface area (Å²) in [5.41, 5.74) is 0.521. The van der Waals surface area contributed by atoms with E-state index in [2.05, 4.69) is 15.1 Å². The Labute approximate surface area is 175 Å². The molecule has 1 aliphatic heterocycles. The van der Waals surface area contributed by atoms with Crippen LogP contribution in [0.4, 0.5) is 19.0 Å². The van der Waals surface area contributed by atoms with E-state index in [9.17, 15) is 18.0 Å². The quantitative estimate of drug-likeness (QED) is 0.625. The van der Waals surface area contributed by atoms with E-state index < -0.39 is 23.5 Å². The molecule has 3 aromatic heterocycles. The van der Waals surface area contributed by atoms with Gasteiger partial charge in [0, 0.05) is 24.4 Å². The second-order valence-electron chi connectivity index (χ2n) is 6.93. The van der Waals surface area contributed by atoms with Crippen LogP contribution in [0.3, 0.4) is 0 Å². The van der Waals surface area contributed by atoms with Gasteiger partial charge < -0.3 is 9.47 Å². The van der Waals surface area contributed by atoms with Crippen molar-refractivity contribution in [2.75, 3.05) is 25.7 Å². The molecule has 31 heavy (non-hydrogen) atoms. The van der Waals surface area contributed by atoms with Crippen LogP contribution in [0.1, 0.15) is 29.0 Å². The molecule has 0 saturated carbocycles. The molecule has 8 nitrogen and oxygen atoms in total. The molecule has 0 unspecified atom stereocenters. The Bertz CT molecular complexity index is 1150. The number of nitrogens with zero attached hydrogens (tertiary/aromatic N) is 5. The van der Waals surface area contributed by atoms with Crippen LogP contribution in [0.2, 0.25) is 0 Å². The van der Waals surface area contributed by atoms with Crippen molar-refractivity contribution in [2.45, 2.75) is 19.1 Å². The maximum absolute atomic E-state index is 13.4. The van der Waals surface area contributed by atoms with Gasteiger partial charge >= 0.3 is 6.18 Å². The normalized spacial score (nSPS) is 16.3. The van der Waals surface area contributed by atoms with Crippen LogP contribution < -0.4 is 14.4 Å². The van der Waals surface area contributed by atoms with E-state index in [1.165, 1.54) is 12.0 Å². The smallest absolute Gasteiger partial charge is 0.421 e. The Morgan fingerprint density at radius 3 is 2.61 bits per heavy atom. The topological polar surface area (TPSA) is 82.4 Å². The number of hydrogen-bond donors (Lipinski definition) is 0. The zero-order valence-corrected chi connectivity index (χ0v) is 16.8. The minimum atomic E-state index is -4.62. The highest BCUT2D eigenvalue weighted by molar-refractivity contribution is 6.09. The number of amides is 1. The zero-order chi connectivity index (χ0) is 22.3. The first-order valence-electron chi connectivity index (χ1n) is 9.26. The largest absolute Gasteiger partial charge is 0.481 e. The average molecular weight is 433 g/mol. The van der Waals surface area contributed by atoms with Crippen LogP contribution in [-0.4, -0.2) is 46.4 Å². The molecule has 0 spiro atoms. The summed E-state index contributed by atoms with van der Waals surface area (Å²) < 4.78 is 51.1. The Kier molecular flexibility index (Phi) is 5.03. The minimum absolute atomic E-state index is 0.0624. The monoisotopic (exact) mass is 433 g/mol. The molecule has 3 aromatic rings. The molecule has 0 aliphatic carbocycles. The first-order chi connectivity index (χ1) is 14.7. The van der Waals surface area contributed by atoms with Crippen molar-refractivity contribution in [2.24, 2.45) is 0 Å². The van der Waals surface area contributed by atoms with Gasteiger partial charge in [-0.1, -0.05) is 0 Å². The van der Waals surface area contributed by atoms with Gasteiger partial charge in [0.05, 0.1) is 26.5 Å². The molecule has 0 fully saturated rings. The molecule has 4 rings (SSSR count). The summed E-state index contributed by atoms with van der Waals surface area (Å²) in [6.45, 7) is 2.04. The van der Waals surface area contributed by atoms with E-state index in [1.54, 1.807) is 29.2 Å². The fraction of sp³-hybridized carbons (Fsp3) is 0.300. The van der Waals surface area contributed by atoms with E-state index in [1.807, 2.05) is 6.92 Å². The number of rotatable bonds is 4. The third-order valence-electron chi connectivity index (χ3n) is 4.98. The summed E-state index contributed by atoms with van der Waals surface area (Å²) in [6, 6.07) is 5.18. The average Bonchev–Trinajstić information content (AvgIpc) is 3.21. The summed E-state index contributed by atoms with van der Waals surface area (Å²) in [4.78, 5) is 22.7. The number of carbonyl (C=O) groups is 1. The van der Waals surface area contributed by atoms with Crippen molar-refractivity contribution in [3.63, 3.8) is 0 Å². The summed E-state index contributed by atoms with van der Waals surface area (Å²) in [5, 5.41) is 4.34. The molecule has 1 amide bonds. The van der Waals surface area contributed by atoms with Crippen LogP contribution in [0, 0.1) is 0 Å². The Hall–Kier alpha value is -3.63. The second-order valence-corrected chi connectivity index (χ2v) is 6.93. The molecule has 1 atom stereocenters. The van der Waals surface area contributed by atoms with E-state index in [0.29, 0.717) is 22.7 Å². The Morgan fingerprint density at radius 2 is 1.94 bits per heavy atom. The van der Waals surface area contributed by atoms with Gasteiger partial charge in [0.1, 0.15) is 17.1 Å². The number of carbonyl (C=O) groups excluding carboxylic acids is 1. The van der Waals surface area contributed by atoms with Crippen molar-refractivity contribution in [3.05, 3.63) is 47.9 Å². The van der Waals surface area contributed by atoms with Gasteiger partial charge in [-0.25, -0.2) is 4.98 Å². The molecule has 0 bridgehead atoms. The number of methoxy groups -OCH3 is 2. The predicted molar refractivity (Wildman–Crippen MR) is 104 cm³/mol. The van der Waals surface area contributed by atoms with Crippen molar-refractivity contribution >= 4 is 11.7 Å². The van der Waals surface area contributed by atoms with Crippen LogP contribution >= 0.6 is 0 Å². The molecule has 0 saturated heterocycles. The highest BCUT2D eigenvalue weighted by Gasteiger charge is 2.38. The van der Waals surface area contributed by atoms with E-state index in [-0.39, 0.29) is 18.4 Å². The van der Waals surface area contributed by atoms with Crippen LogP contribution in [0.5, 0.6) is 11.8 Å². The molecule has 162 valence electrons. The SMILES string of the molecule is COc1cc(-c2cnn3c2C(=O)N(c2ccc(C(F)(F)F)c(OC)n2)C[C@@H]3C)ccn1. The summed E-state index contributed by atoms with van der Waals surface area (Å²) in [6.07, 6.45) is -1.50. The van der Waals surface area contributed by atoms with Crippen molar-refractivity contribution in [1.29, 1.82) is 0 Å². The molecule has 11 heteroatoms. The van der Waals surface area contributed by atoms with Crippen molar-refractivity contribution in [3.8, 4) is 22.9 Å². The lowest BCUT2D eigenvalue weighted by atomic mass is 10.0. The number of ether oxygens (including phenoxy) is 2. The number of hydrogen-bond acceptors (Lipinski definition) is 6. The zero-order valence-electron chi connectivity index (χ0n) is 16.8. The number of aromatic nitrogens is 4. The lowest BCUT2D eigenvalue weighted by Crippen LogP contribution is -2.43. The minimum Gasteiger partial charge on any atom is -0.481 e. The van der Waals surface area contributed by atoms with E-state index >= 15 is 0 Å². The highest BCUT2D eigenvalue weighted by Crippen LogP contribution is 2.38. The standard InChI is InChI=1S/C20H18F3N5O3/c1-11-10-27(15-5-4-14(20(21,22)23)18(26-15)31-3)19(29)17-13(9-25-28(11)17)12-6-7-24-16(8-12)30-2/h4-9,11H,10H2,1-3H3/t11-/m0/s1. The van der Waals surface area contributed by atoms with Gasteiger partial charge in [0.15, 0.2) is 0 Å². The van der Waals surface area contributed by atoms with Gasteiger partial charge in [-0.3, -0.25) is 14.4 Å². The number of pyridine rings is 2. The fourth-order valence-electron chi connectivity index (χ4n) is 3.51. The number of alkyl halides is 3. The predicted octanol–water partition coefficient (Wildman–Crippen LogP) is 3.60. The maximum atomic E-state index is 13.4. The van der Waals surface area contributed by atoms with Gasteiger partial charge in [0.25, 0.3) is 5.91 Å². The van der Waals surface area contributed by atoms with Crippen molar-refractivity contribution in [1.82, 2.24) is 19.7 Å². The number of fused-ring (bicyclic) bond motifs is 1. The summed E-state index contributed by atoms with van der Waals surface area (Å²) in [5.74, 6) is -0.591.